The van der Waals surface area contributed by atoms with E-state index in [1.807, 2.05) is 0 Å². The van der Waals surface area contributed by atoms with E-state index in [2.05, 4.69) is 4.98 Å². The summed E-state index contributed by atoms with van der Waals surface area (Å²) in [6.07, 6.45) is 0. The lowest BCUT2D eigenvalue weighted by Gasteiger charge is -2.15. The molecule has 0 spiro atoms. The minimum absolute atomic E-state index is 0.0425. The Bertz CT molecular complexity index is 654. The summed E-state index contributed by atoms with van der Waals surface area (Å²) in [6, 6.07) is 1.98. The molecule has 2 aromatic rings. The second-order valence-electron chi connectivity index (χ2n) is 4.29. The van der Waals surface area contributed by atoms with Gasteiger partial charge in [-0.25, -0.2) is 9.37 Å². The van der Waals surface area contributed by atoms with Gasteiger partial charge in [-0.3, -0.25) is 4.79 Å². The summed E-state index contributed by atoms with van der Waals surface area (Å²) >= 11 is 11.8. The molecule has 19 heavy (non-hydrogen) atoms. The molecular weight excluding hydrogens is 292 g/mol. The first-order chi connectivity index (χ1) is 8.82. The second kappa shape index (κ2) is 4.98. The van der Waals surface area contributed by atoms with Crippen molar-refractivity contribution < 1.29 is 9.18 Å². The summed E-state index contributed by atoms with van der Waals surface area (Å²) in [6.45, 7) is 3.34. The SMILES string of the molecule is CC(Cl)c1nc2cc(F)c(Cl)cc2n1C(C)C(N)=O. The van der Waals surface area contributed by atoms with E-state index < -0.39 is 23.1 Å². The van der Waals surface area contributed by atoms with Crippen LogP contribution in [0.2, 0.25) is 5.02 Å². The average Bonchev–Trinajstić information content (AvgIpc) is 2.67. The van der Waals surface area contributed by atoms with Crippen molar-refractivity contribution in [2.75, 3.05) is 0 Å². The molecule has 0 aliphatic rings. The zero-order valence-corrected chi connectivity index (χ0v) is 11.8. The van der Waals surface area contributed by atoms with Gasteiger partial charge in [0.2, 0.25) is 5.91 Å². The number of hydrogen-bond donors (Lipinski definition) is 1. The Morgan fingerprint density at radius 1 is 1.47 bits per heavy atom. The number of amides is 1. The largest absolute Gasteiger partial charge is 0.368 e. The minimum Gasteiger partial charge on any atom is -0.368 e. The highest BCUT2D eigenvalue weighted by atomic mass is 35.5. The van der Waals surface area contributed by atoms with Crippen LogP contribution in [0.4, 0.5) is 4.39 Å². The van der Waals surface area contributed by atoms with Gasteiger partial charge >= 0.3 is 0 Å². The molecule has 1 aromatic carbocycles. The molecule has 2 rings (SSSR count). The number of halogens is 3. The molecule has 0 saturated carbocycles. The normalized spacial score (nSPS) is 14.6. The third kappa shape index (κ3) is 2.40. The van der Waals surface area contributed by atoms with Crippen LogP contribution in [0.1, 0.15) is 31.1 Å². The van der Waals surface area contributed by atoms with Crippen LogP contribution in [0.25, 0.3) is 11.0 Å². The topological polar surface area (TPSA) is 60.9 Å². The second-order valence-corrected chi connectivity index (χ2v) is 5.35. The van der Waals surface area contributed by atoms with Crippen LogP contribution in [0, 0.1) is 5.82 Å². The number of carbonyl (C=O) groups is 1. The van der Waals surface area contributed by atoms with Gasteiger partial charge in [0.05, 0.1) is 21.4 Å². The third-order valence-electron chi connectivity index (χ3n) is 2.91. The molecule has 0 aliphatic heterocycles. The molecule has 0 radical (unpaired) electrons. The quantitative estimate of drug-likeness (QED) is 0.885. The van der Waals surface area contributed by atoms with Crippen molar-refractivity contribution in [3.63, 3.8) is 0 Å². The Balaban J connectivity index is 2.80. The van der Waals surface area contributed by atoms with Gasteiger partial charge in [0.1, 0.15) is 17.7 Å². The highest BCUT2D eigenvalue weighted by Gasteiger charge is 2.23. The molecule has 0 saturated heterocycles. The van der Waals surface area contributed by atoms with Gasteiger partial charge in [0.15, 0.2) is 0 Å². The van der Waals surface area contributed by atoms with Gasteiger partial charge in [0, 0.05) is 6.07 Å². The van der Waals surface area contributed by atoms with E-state index in [1.165, 1.54) is 12.1 Å². The van der Waals surface area contributed by atoms with E-state index in [9.17, 15) is 9.18 Å². The molecule has 2 atom stereocenters. The summed E-state index contributed by atoms with van der Waals surface area (Å²) in [5, 5.41) is -0.491. The molecule has 2 unspecified atom stereocenters. The number of hydrogen-bond acceptors (Lipinski definition) is 2. The zero-order chi connectivity index (χ0) is 14.3. The Morgan fingerprint density at radius 3 is 2.63 bits per heavy atom. The first-order valence-electron chi connectivity index (χ1n) is 5.63. The lowest BCUT2D eigenvalue weighted by molar-refractivity contribution is -0.120. The Morgan fingerprint density at radius 2 is 2.11 bits per heavy atom. The lowest BCUT2D eigenvalue weighted by Crippen LogP contribution is -2.25. The Labute approximate surface area is 119 Å². The van der Waals surface area contributed by atoms with Crippen molar-refractivity contribution in [2.24, 2.45) is 5.73 Å². The predicted molar refractivity (Wildman–Crippen MR) is 72.9 cm³/mol. The fraction of sp³-hybridized carbons (Fsp3) is 0.333. The van der Waals surface area contributed by atoms with Gasteiger partial charge in [-0.1, -0.05) is 11.6 Å². The molecule has 7 heteroatoms. The van der Waals surface area contributed by atoms with Gasteiger partial charge in [-0.05, 0) is 19.9 Å². The number of benzene rings is 1. The lowest BCUT2D eigenvalue weighted by atomic mass is 10.2. The van der Waals surface area contributed by atoms with Crippen molar-refractivity contribution in [1.29, 1.82) is 0 Å². The van der Waals surface area contributed by atoms with E-state index in [-0.39, 0.29) is 5.02 Å². The van der Waals surface area contributed by atoms with Crippen molar-refractivity contribution in [2.45, 2.75) is 25.3 Å². The van der Waals surface area contributed by atoms with Gasteiger partial charge < -0.3 is 10.3 Å². The monoisotopic (exact) mass is 303 g/mol. The molecule has 102 valence electrons. The summed E-state index contributed by atoms with van der Waals surface area (Å²) < 4.78 is 15.0. The van der Waals surface area contributed by atoms with Crippen LogP contribution in [0.15, 0.2) is 12.1 Å². The van der Waals surface area contributed by atoms with Crippen LogP contribution in [0.3, 0.4) is 0 Å². The summed E-state index contributed by atoms with van der Waals surface area (Å²) in [4.78, 5) is 15.6. The Kier molecular flexibility index (Phi) is 3.69. The number of alkyl halides is 1. The molecule has 4 nitrogen and oxygen atoms in total. The number of primary amides is 1. The fourth-order valence-corrected chi connectivity index (χ4v) is 2.24. The predicted octanol–water partition coefficient (Wildman–Crippen LogP) is 3.17. The standard InChI is InChI=1S/C12H12Cl2FN3O/c1-5(13)12-17-9-4-8(15)7(14)3-10(9)18(12)6(2)11(16)19/h3-6H,1-2H3,(H2,16,19). The smallest absolute Gasteiger partial charge is 0.240 e. The molecule has 0 fully saturated rings. The summed E-state index contributed by atoms with van der Waals surface area (Å²) in [5.74, 6) is -0.651. The molecule has 0 aliphatic carbocycles. The van der Waals surface area contributed by atoms with E-state index in [0.29, 0.717) is 16.9 Å². The van der Waals surface area contributed by atoms with E-state index >= 15 is 0 Å². The molecule has 2 N–H and O–H groups in total. The number of nitrogens with two attached hydrogens (primary N) is 1. The van der Waals surface area contributed by atoms with Gasteiger partial charge in [0.25, 0.3) is 0 Å². The molecule has 1 aromatic heterocycles. The van der Waals surface area contributed by atoms with Crippen molar-refractivity contribution >= 4 is 40.1 Å². The molecule has 0 bridgehead atoms. The minimum atomic E-state index is -0.650. The number of aromatic nitrogens is 2. The average molecular weight is 304 g/mol. The third-order valence-corrected chi connectivity index (χ3v) is 3.40. The van der Waals surface area contributed by atoms with Crippen molar-refractivity contribution in [3.05, 3.63) is 28.8 Å². The van der Waals surface area contributed by atoms with Gasteiger partial charge in [-0.15, -0.1) is 11.6 Å². The van der Waals surface area contributed by atoms with E-state index in [4.69, 9.17) is 28.9 Å². The van der Waals surface area contributed by atoms with E-state index in [0.717, 1.165) is 0 Å². The highest BCUT2D eigenvalue weighted by Crippen LogP contribution is 2.30. The van der Waals surface area contributed by atoms with Crippen LogP contribution < -0.4 is 5.73 Å². The summed E-state index contributed by atoms with van der Waals surface area (Å²) in [5.41, 5.74) is 6.23. The Hall–Kier alpha value is -1.33. The number of rotatable bonds is 3. The number of carbonyl (C=O) groups excluding carboxylic acids is 1. The summed E-state index contributed by atoms with van der Waals surface area (Å²) in [7, 11) is 0. The zero-order valence-electron chi connectivity index (χ0n) is 10.3. The van der Waals surface area contributed by atoms with Crippen molar-refractivity contribution in [1.82, 2.24) is 9.55 Å². The maximum absolute atomic E-state index is 13.4. The maximum Gasteiger partial charge on any atom is 0.240 e. The van der Waals surface area contributed by atoms with Crippen molar-refractivity contribution in [3.8, 4) is 0 Å². The van der Waals surface area contributed by atoms with Crippen LogP contribution >= 0.6 is 23.2 Å². The maximum atomic E-state index is 13.4. The fourth-order valence-electron chi connectivity index (χ4n) is 1.92. The van der Waals surface area contributed by atoms with Crippen LogP contribution in [-0.4, -0.2) is 15.5 Å². The first kappa shape index (κ1) is 14.1. The molecule has 1 amide bonds. The molecule has 1 heterocycles. The van der Waals surface area contributed by atoms with E-state index in [1.54, 1.807) is 18.4 Å². The number of imidazole rings is 1. The van der Waals surface area contributed by atoms with Crippen LogP contribution in [-0.2, 0) is 4.79 Å². The molecular formula is C12H12Cl2FN3O. The highest BCUT2D eigenvalue weighted by molar-refractivity contribution is 6.31. The van der Waals surface area contributed by atoms with Gasteiger partial charge in [-0.2, -0.15) is 0 Å². The van der Waals surface area contributed by atoms with Crippen LogP contribution in [0.5, 0.6) is 0 Å². The number of nitrogens with zero attached hydrogens (tertiary/aromatic N) is 2. The number of fused-ring (bicyclic) bond motifs is 1. The first-order valence-corrected chi connectivity index (χ1v) is 6.44.